The second-order valence-electron chi connectivity index (χ2n) is 5.22. The third kappa shape index (κ3) is 3.96. The van der Waals surface area contributed by atoms with Crippen molar-refractivity contribution >= 4 is 11.6 Å². The van der Waals surface area contributed by atoms with Gasteiger partial charge in [-0.15, -0.1) is 11.6 Å². The molecule has 3 heteroatoms. The predicted molar refractivity (Wildman–Crippen MR) is 77.0 cm³/mol. The average Bonchev–Trinajstić information content (AvgIpc) is 2.39. The molecule has 1 heterocycles. The Hall–Kier alpha value is -0.600. The van der Waals surface area contributed by atoms with E-state index in [4.69, 9.17) is 11.6 Å². The van der Waals surface area contributed by atoms with Crippen molar-refractivity contribution in [2.75, 3.05) is 12.4 Å². The Morgan fingerprint density at radius 1 is 1.28 bits per heavy atom. The number of aromatic nitrogens is 1. The van der Waals surface area contributed by atoms with Gasteiger partial charge in [0.05, 0.1) is 5.69 Å². The number of nitrogens with zero attached hydrogens (tertiary/aromatic N) is 2. The van der Waals surface area contributed by atoms with Crippen molar-refractivity contribution in [3.63, 3.8) is 0 Å². The molecule has 0 spiro atoms. The fraction of sp³-hybridized carbons (Fsp3) is 0.667. The van der Waals surface area contributed by atoms with Crippen LogP contribution >= 0.6 is 11.6 Å². The maximum atomic E-state index is 5.95. The molecule has 0 atom stereocenters. The smallest absolute Gasteiger partial charge is 0.0547 e. The van der Waals surface area contributed by atoms with Crippen LogP contribution in [0.5, 0.6) is 0 Å². The second kappa shape index (κ2) is 7.10. The summed E-state index contributed by atoms with van der Waals surface area (Å²) in [6.45, 7) is 3.97. The summed E-state index contributed by atoms with van der Waals surface area (Å²) in [5.41, 5.74) is 2.27. The number of aryl methyl sites for hydroxylation is 1. The number of pyridine rings is 1. The van der Waals surface area contributed by atoms with Crippen molar-refractivity contribution < 1.29 is 0 Å². The van der Waals surface area contributed by atoms with Crippen molar-refractivity contribution in [3.8, 4) is 0 Å². The van der Waals surface area contributed by atoms with Gasteiger partial charge in [0.15, 0.2) is 0 Å². The highest BCUT2D eigenvalue weighted by Crippen LogP contribution is 2.23. The molecule has 0 aromatic carbocycles. The molecule has 0 N–H and O–H groups in total. The molecular formula is C15H23ClN2. The molecule has 18 heavy (non-hydrogen) atoms. The molecule has 0 bridgehead atoms. The van der Waals surface area contributed by atoms with E-state index in [0.29, 0.717) is 11.9 Å². The van der Waals surface area contributed by atoms with Gasteiger partial charge in [-0.3, -0.25) is 9.88 Å². The molecule has 0 aliphatic heterocycles. The van der Waals surface area contributed by atoms with Gasteiger partial charge in [-0.05, 0) is 31.9 Å². The van der Waals surface area contributed by atoms with Crippen molar-refractivity contribution in [2.24, 2.45) is 0 Å². The van der Waals surface area contributed by atoms with Crippen LogP contribution in [0.2, 0.25) is 0 Å². The Kier molecular flexibility index (Phi) is 5.45. The Labute approximate surface area is 115 Å². The lowest BCUT2D eigenvalue weighted by Gasteiger charge is -2.33. The van der Waals surface area contributed by atoms with Gasteiger partial charge >= 0.3 is 0 Å². The van der Waals surface area contributed by atoms with Crippen LogP contribution in [-0.2, 0) is 6.54 Å². The second-order valence-corrected chi connectivity index (χ2v) is 5.60. The van der Waals surface area contributed by atoms with Crippen LogP contribution in [0.1, 0.15) is 43.5 Å². The summed E-state index contributed by atoms with van der Waals surface area (Å²) >= 11 is 5.95. The SMILES string of the molecule is Cc1cccc(CN(CCCl)C2CCCCC2)n1. The minimum atomic E-state index is 0.708. The monoisotopic (exact) mass is 266 g/mol. The van der Waals surface area contributed by atoms with Crippen LogP contribution in [-0.4, -0.2) is 28.4 Å². The van der Waals surface area contributed by atoms with Crippen molar-refractivity contribution in [1.29, 1.82) is 0 Å². The van der Waals surface area contributed by atoms with Crippen LogP contribution in [0.15, 0.2) is 18.2 Å². The Morgan fingerprint density at radius 3 is 2.72 bits per heavy atom. The number of rotatable bonds is 5. The summed E-state index contributed by atoms with van der Waals surface area (Å²) in [7, 11) is 0. The first-order chi connectivity index (χ1) is 8.79. The molecule has 1 aromatic rings. The molecular weight excluding hydrogens is 244 g/mol. The van der Waals surface area contributed by atoms with E-state index in [1.165, 1.54) is 37.8 Å². The molecule has 0 unspecified atom stereocenters. The van der Waals surface area contributed by atoms with Gasteiger partial charge < -0.3 is 0 Å². The third-order valence-corrected chi connectivity index (χ3v) is 3.94. The van der Waals surface area contributed by atoms with Gasteiger partial charge in [0.1, 0.15) is 0 Å². The molecule has 1 saturated carbocycles. The first-order valence-electron chi connectivity index (χ1n) is 7.02. The van der Waals surface area contributed by atoms with E-state index in [-0.39, 0.29) is 0 Å². The zero-order chi connectivity index (χ0) is 12.8. The van der Waals surface area contributed by atoms with E-state index >= 15 is 0 Å². The van der Waals surface area contributed by atoms with Crippen molar-refractivity contribution in [2.45, 2.75) is 51.6 Å². The molecule has 2 rings (SSSR count). The lowest BCUT2D eigenvalue weighted by molar-refractivity contribution is 0.155. The lowest BCUT2D eigenvalue weighted by atomic mass is 9.94. The standard InChI is InChI=1S/C15H23ClN2/c1-13-6-5-7-14(17-13)12-18(11-10-16)15-8-3-2-4-9-15/h5-7,15H,2-4,8-12H2,1H3. The van der Waals surface area contributed by atoms with Crippen LogP contribution in [0.3, 0.4) is 0 Å². The molecule has 1 aromatic heterocycles. The van der Waals surface area contributed by atoms with Gasteiger partial charge in [0, 0.05) is 30.7 Å². The minimum absolute atomic E-state index is 0.708. The summed E-state index contributed by atoms with van der Waals surface area (Å²) in [4.78, 5) is 7.13. The quantitative estimate of drug-likeness (QED) is 0.755. The maximum Gasteiger partial charge on any atom is 0.0547 e. The highest BCUT2D eigenvalue weighted by atomic mass is 35.5. The maximum absolute atomic E-state index is 5.95. The van der Waals surface area contributed by atoms with E-state index in [1.807, 2.05) is 0 Å². The summed E-state index contributed by atoms with van der Waals surface area (Å²) < 4.78 is 0. The van der Waals surface area contributed by atoms with Crippen LogP contribution in [0.4, 0.5) is 0 Å². The van der Waals surface area contributed by atoms with Gasteiger partial charge in [-0.1, -0.05) is 25.3 Å². The summed E-state index contributed by atoms with van der Waals surface area (Å²) in [5.74, 6) is 0.711. The summed E-state index contributed by atoms with van der Waals surface area (Å²) in [6.07, 6.45) is 6.77. The van der Waals surface area contributed by atoms with Gasteiger partial charge in [0.2, 0.25) is 0 Å². The van der Waals surface area contributed by atoms with Crippen molar-refractivity contribution in [1.82, 2.24) is 9.88 Å². The van der Waals surface area contributed by atoms with E-state index in [1.54, 1.807) is 0 Å². The van der Waals surface area contributed by atoms with Gasteiger partial charge in [0.25, 0.3) is 0 Å². The topological polar surface area (TPSA) is 16.1 Å². The zero-order valence-corrected chi connectivity index (χ0v) is 12.0. The van der Waals surface area contributed by atoms with Crippen LogP contribution < -0.4 is 0 Å². The Balaban J connectivity index is 2.00. The third-order valence-electron chi connectivity index (χ3n) is 3.77. The molecule has 100 valence electrons. The fourth-order valence-electron chi connectivity index (χ4n) is 2.84. The number of alkyl halides is 1. The molecule has 1 aliphatic carbocycles. The van der Waals surface area contributed by atoms with Gasteiger partial charge in [-0.25, -0.2) is 0 Å². The zero-order valence-electron chi connectivity index (χ0n) is 11.2. The lowest BCUT2D eigenvalue weighted by Crippen LogP contribution is -2.37. The number of halogens is 1. The predicted octanol–water partition coefficient (Wildman–Crippen LogP) is 3.76. The molecule has 1 aliphatic rings. The van der Waals surface area contributed by atoms with E-state index in [9.17, 15) is 0 Å². The highest BCUT2D eigenvalue weighted by Gasteiger charge is 2.21. The number of hydrogen-bond donors (Lipinski definition) is 0. The summed E-state index contributed by atoms with van der Waals surface area (Å²) in [5, 5.41) is 0. The molecule has 0 amide bonds. The molecule has 2 nitrogen and oxygen atoms in total. The van der Waals surface area contributed by atoms with E-state index in [2.05, 4.69) is 35.0 Å². The fourth-order valence-corrected chi connectivity index (χ4v) is 3.06. The number of hydrogen-bond acceptors (Lipinski definition) is 2. The van der Waals surface area contributed by atoms with Crippen LogP contribution in [0.25, 0.3) is 0 Å². The molecule has 0 radical (unpaired) electrons. The Morgan fingerprint density at radius 2 is 2.06 bits per heavy atom. The first-order valence-corrected chi connectivity index (χ1v) is 7.55. The normalized spacial score (nSPS) is 17.3. The minimum Gasteiger partial charge on any atom is -0.293 e. The first kappa shape index (κ1) is 13.8. The summed E-state index contributed by atoms with van der Waals surface area (Å²) in [6, 6.07) is 6.98. The molecule has 0 saturated heterocycles. The van der Waals surface area contributed by atoms with Gasteiger partial charge in [-0.2, -0.15) is 0 Å². The van der Waals surface area contributed by atoms with E-state index in [0.717, 1.165) is 18.8 Å². The van der Waals surface area contributed by atoms with Crippen LogP contribution in [0, 0.1) is 6.92 Å². The van der Waals surface area contributed by atoms with E-state index < -0.39 is 0 Å². The molecule has 1 fully saturated rings. The van der Waals surface area contributed by atoms with Crippen molar-refractivity contribution in [3.05, 3.63) is 29.6 Å². The largest absolute Gasteiger partial charge is 0.293 e. The average molecular weight is 267 g/mol. The Bertz CT molecular complexity index is 361. The highest BCUT2D eigenvalue weighted by molar-refractivity contribution is 6.18.